The molecule has 0 spiro atoms. The summed E-state index contributed by atoms with van der Waals surface area (Å²) in [6.07, 6.45) is -4.21. The summed E-state index contributed by atoms with van der Waals surface area (Å²) >= 11 is 0. The second-order valence-corrected chi connectivity index (χ2v) is 9.99. The first kappa shape index (κ1) is 32.5. The summed E-state index contributed by atoms with van der Waals surface area (Å²) in [5, 5.41) is 12.9. The summed E-state index contributed by atoms with van der Waals surface area (Å²) in [7, 11) is 0. The normalized spacial score (nSPS) is 13.1. The number of carboxylic acids is 1. The lowest BCUT2D eigenvalue weighted by Gasteiger charge is -2.33. The molecule has 1 aromatic carbocycles. The Hall–Kier alpha value is -3.54. The van der Waals surface area contributed by atoms with E-state index in [1.54, 1.807) is 62.3 Å². The maximum atomic E-state index is 12.6. The van der Waals surface area contributed by atoms with Crippen molar-refractivity contribution in [2.24, 2.45) is 0 Å². The van der Waals surface area contributed by atoms with Gasteiger partial charge in [0.2, 0.25) is 0 Å². The van der Waals surface area contributed by atoms with E-state index >= 15 is 0 Å². The van der Waals surface area contributed by atoms with Gasteiger partial charge < -0.3 is 33.5 Å². The van der Waals surface area contributed by atoms with Gasteiger partial charge in [0.25, 0.3) is 5.72 Å². The van der Waals surface area contributed by atoms with Crippen LogP contribution in [0.5, 0.6) is 11.5 Å². The Morgan fingerprint density at radius 2 is 1.37 bits per heavy atom. The Morgan fingerprint density at radius 1 is 0.842 bits per heavy atom. The highest BCUT2D eigenvalue weighted by Crippen LogP contribution is 2.32. The van der Waals surface area contributed by atoms with Crippen LogP contribution in [0, 0.1) is 0 Å². The van der Waals surface area contributed by atoms with Crippen LogP contribution in [-0.2, 0) is 30.2 Å². The van der Waals surface area contributed by atoms with Gasteiger partial charge in [-0.05, 0) is 79.5 Å². The number of nitrogens with one attached hydrogen (secondary N) is 1. The van der Waals surface area contributed by atoms with Gasteiger partial charge in [0.05, 0.1) is 12.2 Å². The quantitative estimate of drug-likeness (QED) is 0.155. The lowest BCUT2D eigenvalue weighted by atomic mass is 10.0. The van der Waals surface area contributed by atoms with E-state index in [1.807, 2.05) is 0 Å². The molecular weight excluding hydrogens is 502 g/mol. The second kappa shape index (κ2) is 13.8. The molecule has 0 aromatic heterocycles. The maximum Gasteiger partial charge on any atom is 0.514 e. The van der Waals surface area contributed by atoms with Crippen molar-refractivity contribution < 1.29 is 52.7 Å². The third kappa shape index (κ3) is 10.8. The van der Waals surface area contributed by atoms with Gasteiger partial charge >= 0.3 is 24.4 Å². The first-order valence-electron chi connectivity index (χ1n) is 12.3. The van der Waals surface area contributed by atoms with Gasteiger partial charge in [0.1, 0.15) is 5.60 Å². The molecular formula is C26H39NO11. The van der Waals surface area contributed by atoms with Crippen LogP contribution < -0.4 is 14.8 Å². The van der Waals surface area contributed by atoms with Crippen molar-refractivity contribution in [1.82, 2.24) is 5.32 Å². The Bertz CT molecular complexity index is 987. The van der Waals surface area contributed by atoms with E-state index in [0.29, 0.717) is 6.42 Å². The van der Waals surface area contributed by atoms with Crippen molar-refractivity contribution in [1.29, 1.82) is 0 Å². The SMILES string of the molecule is CCC(C)(C)OC(=O)O[C@](Cc1ccc(OC(=O)OC(C)C)c(OC(=O)OC(C)C)c1)(NC(C)C)C(=O)O. The predicted molar refractivity (Wildman–Crippen MR) is 135 cm³/mol. The van der Waals surface area contributed by atoms with E-state index in [-0.39, 0.29) is 17.1 Å². The first-order chi connectivity index (χ1) is 17.5. The molecule has 0 saturated carbocycles. The number of hydrogen-bond donors (Lipinski definition) is 2. The van der Waals surface area contributed by atoms with Crippen molar-refractivity contribution >= 4 is 24.4 Å². The zero-order valence-corrected chi connectivity index (χ0v) is 23.4. The number of carbonyl (C=O) groups is 4. The molecule has 0 bridgehead atoms. The van der Waals surface area contributed by atoms with Crippen LogP contribution in [-0.4, -0.2) is 59.1 Å². The highest BCUT2D eigenvalue weighted by molar-refractivity contribution is 5.80. The number of hydrogen-bond acceptors (Lipinski definition) is 11. The van der Waals surface area contributed by atoms with Crippen LogP contribution in [0.2, 0.25) is 0 Å². The lowest BCUT2D eigenvalue weighted by Crippen LogP contribution is -2.59. The minimum atomic E-state index is -2.25. The average Bonchev–Trinajstić information content (AvgIpc) is 2.73. The standard InChI is InChI=1S/C26H39NO11/c1-10-25(8,9)37-24(32)38-26(21(28)29,27-15(2)3)14-18-11-12-19(35-22(30)33-16(4)5)20(13-18)36-23(31)34-17(6)7/h11-13,15-17,27H,10,14H2,1-9H3,(H,28,29)/t26-/m0/s1. The molecule has 1 atom stereocenters. The molecule has 0 aliphatic heterocycles. The van der Waals surface area contributed by atoms with Crippen LogP contribution in [0.25, 0.3) is 0 Å². The number of carbonyl (C=O) groups excluding carboxylic acids is 3. The predicted octanol–water partition coefficient (Wildman–Crippen LogP) is 5.20. The van der Waals surface area contributed by atoms with E-state index in [0.717, 1.165) is 0 Å². The molecule has 0 radical (unpaired) electrons. The number of aliphatic carboxylic acids is 1. The lowest BCUT2D eigenvalue weighted by molar-refractivity contribution is -0.169. The fraction of sp³-hybridized carbons (Fsp3) is 0.615. The highest BCUT2D eigenvalue weighted by Gasteiger charge is 2.45. The molecule has 2 N–H and O–H groups in total. The van der Waals surface area contributed by atoms with E-state index in [2.05, 4.69) is 5.32 Å². The average molecular weight is 542 g/mol. The highest BCUT2D eigenvalue weighted by atomic mass is 16.8. The van der Waals surface area contributed by atoms with Crippen molar-refractivity contribution in [2.75, 3.05) is 0 Å². The Kier molecular flexibility index (Phi) is 11.8. The molecule has 0 aliphatic carbocycles. The molecule has 38 heavy (non-hydrogen) atoms. The number of rotatable bonds is 12. The molecule has 0 unspecified atom stereocenters. The van der Waals surface area contributed by atoms with Gasteiger partial charge in [-0.15, -0.1) is 0 Å². The fourth-order valence-electron chi connectivity index (χ4n) is 2.95. The van der Waals surface area contributed by atoms with Crippen molar-refractivity contribution in [3.05, 3.63) is 23.8 Å². The van der Waals surface area contributed by atoms with Crippen LogP contribution in [0.1, 0.15) is 74.3 Å². The number of carboxylic acid groups (broad SMARTS) is 1. The van der Waals surface area contributed by atoms with Crippen molar-refractivity contribution in [3.8, 4) is 11.5 Å². The smallest absolute Gasteiger partial charge is 0.477 e. The molecule has 0 fully saturated rings. The zero-order valence-electron chi connectivity index (χ0n) is 23.4. The Morgan fingerprint density at radius 3 is 1.82 bits per heavy atom. The molecule has 1 aromatic rings. The minimum Gasteiger partial charge on any atom is -0.477 e. The fourth-order valence-corrected chi connectivity index (χ4v) is 2.95. The van der Waals surface area contributed by atoms with E-state index in [1.165, 1.54) is 18.2 Å². The summed E-state index contributed by atoms with van der Waals surface area (Å²) in [6, 6.07) is 3.55. The van der Waals surface area contributed by atoms with Crippen LogP contribution >= 0.6 is 0 Å². The van der Waals surface area contributed by atoms with Crippen molar-refractivity contribution in [3.63, 3.8) is 0 Å². The summed E-state index contributed by atoms with van der Waals surface area (Å²) in [5.74, 6) is -1.91. The molecule has 12 nitrogen and oxygen atoms in total. The first-order valence-corrected chi connectivity index (χ1v) is 12.3. The molecule has 0 heterocycles. The van der Waals surface area contributed by atoms with E-state index < -0.39 is 60.4 Å². The molecule has 12 heteroatoms. The topological polar surface area (TPSA) is 156 Å². The Balaban J connectivity index is 3.44. The second-order valence-electron chi connectivity index (χ2n) is 9.99. The van der Waals surface area contributed by atoms with Gasteiger partial charge in [0, 0.05) is 12.5 Å². The van der Waals surface area contributed by atoms with Gasteiger partial charge in [-0.2, -0.15) is 0 Å². The van der Waals surface area contributed by atoms with Gasteiger partial charge in [-0.3, -0.25) is 5.32 Å². The maximum absolute atomic E-state index is 12.6. The van der Waals surface area contributed by atoms with E-state index in [4.69, 9.17) is 28.4 Å². The number of ether oxygens (including phenoxy) is 6. The minimum absolute atomic E-state index is 0.178. The van der Waals surface area contributed by atoms with Crippen LogP contribution in [0.4, 0.5) is 14.4 Å². The third-order valence-electron chi connectivity index (χ3n) is 4.85. The van der Waals surface area contributed by atoms with Crippen LogP contribution in [0.15, 0.2) is 18.2 Å². The van der Waals surface area contributed by atoms with Crippen LogP contribution in [0.3, 0.4) is 0 Å². The summed E-state index contributed by atoms with van der Waals surface area (Å²) in [4.78, 5) is 49.3. The molecule has 0 aliphatic rings. The summed E-state index contributed by atoms with van der Waals surface area (Å²) < 4.78 is 31.0. The van der Waals surface area contributed by atoms with Gasteiger partial charge in [-0.25, -0.2) is 19.2 Å². The summed E-state index contributed by atoms with van der Waals surface area (Å²) in [6.45, 7) is 15.0. The van der Waals surface area contributed by atoms with E-state index in [9.17, 15) is 24.3 Å². The zero-order chi connectivity index (χ0) is 29.3. The molecule has 214 valence electrons. The van der Waals surface area contributed by atoms with Gasteiger partial charge in [0.15, 0.2) is 11.5 Å². The van der Waals surface area contributed by atoms with Gasteiger partial charge in [-0.1, -0.05) is 13.0 Å². The Labute approximate surface area is 222 Å². The molecule has 0 amide bonds. The summed E-state index contributed by atoms with van der Waals surface area (Å²) in [5.41, 5.74) is -2.88. The monoisotopic (exact) mass is 541 g/mol. The molecule has 0 saturated heterocycles. The number of benzene rings is 1. The largest absolute Gasteiger partial charge is 0.514 e. The third-order valence-corrected chi connectivity index (χ3v) is 4.85. The molecule has 1 rings (SSSR count). The van der Waals surface area contributed by atoms with Crippen molar-refractivity contribution in [2.45, 2.75) is 105 Å².